The Hall–Kier alpha value is -2.73. The van der Waals surface area contributed by atoms with E-state index in [1.54, 1.807) is 19.2 Å². The molecule has 0 atom stereocenters. The van der Waals surface area contributed by atoms with E-state index < -0.39 is 0 Å². The molecule has 2 N–H and O–H groups in total. The van der Waals surface area contributed by atoms with E-state index in [1.807, 2.05) is 42.6 Å². The maximum atomic E-state index is 10.6. The molecule has 0 saturated carbocycles. The third kappa shape index (κ3) is 2.63. The number of fused-ring (bicyclic) bond motifs is 4. The summed E-state index contributed by atoms with van der Waals surface area (Å²) in [5.41, 5.74) is 2.89. The van der Waals surface area contributed by atoms with Gasteiger partial charge in [-0.1, -0.05) is 0 Å². The fourth-order valence-corrected chi connectivity index (χ4v) is 3.78. The van der Waals surface area contributed by atoms with Gasteiger partial charge in [-0.3, -0.25) is 0 Å². The Balaban J connectivity index is 0.00000210. The van der Waals surface area contributed by atoms with Gasteiger partial charge in [0.2, 0.25) is 5.52 Å². The minimum atomic E-state index is 0. The second-order valence-corrected chi connectivity index (χ2v) is 6.40. The van der Waals surface area contributed by atoms with Gasteiger partial charge >= 0.3 is 0 Å². The van der Waals surface area contributed by atoms with Gasteiger partial charge in [-0.05, 0) is 36.6 Å². The highest BCUT2D eigenvalue weighted by Gasteiger charge is 2.23. The normalized spacial score (nSPS) is 11.0. The number of hydrogen-bond acceptors (Lipinski definition) is 4. The molecule has 140 valence electrons. The lowest BCUT2D eigenvalue weighted by molar-refractivity contribution is -0.517. The summed E-state index contributed by atoms with van der Waals surface area (Å²) < 4.78 is 12.5. The van der Waals surface area contributed by atoms with E-state index in [0.29, 0.717) is 11.5 Å². The van der Waals surface area contributed by atoms with Crippen molar-refractivity contribution in [1.29, 1.82) is 0 Å². The number of phenolic OH excluding ortho intramolecular Hbond substituents is 2. The van der Waals surface area contributed by atoms with Crippen LogP contribution in [0.15, 0.2) is 36.5 Å². The van der Waals surface area contributed by atoms with Crippen molar-refractivity contribution in [2.24, 2.45) is 0 Å². The molecule has 5 nitrogen and oxygen atoms in total. The summed E-state index contributed by atoms with van der Waals surface area (Å²) >= 11 is 0. The van der Waals surface area contributed by atoms with E-state index in [-0.39, 0.29) is 28.5 Å². The lowest BCUT2D eigenvalue weighted by atomic mass is 9.99. The van der Waals surface area contributed by atoms with Gasteiger partial charge in [-0.25, -0.2) is 0 Å². The van der Waals surface area contributed by atoms with Crippen molar-refractivity contribution < 1.29 is 41.1 Å². The molecule has 0 bridgehead atoms. The average molecular weight is 430 g/mol. The van der Waals surface area contributed by atoms with Crippen LogP contribution in [0.25, 0.3) is 27.1 Å². The molecule has 4 rings (SSSR count). The molecule has 0 aliphatic heterocycles. The van der Waals surface area contributed by atoms with Gasteiger partial charge in [0, 0.05) is 23.9 Å². The van der Waals surface area contributed by atoms with Crippen LogP contribution in [0.3, 0.4) is 0 Å². The maximum absolute atomic E-state index is 10.6. The van der Waals surface area contributed by atoms with Crippen molar-refractivity contribution in [3.8, 4) is 23.0 Å². The molecule has 2 aromatic carbocycles. The number of aromatic hydroxyl groups is 2. The highest BCUT2D eigenvalue weighted by molar-refractivity contribution is 6.03. The molecule has 0 radical (unpaired) electrons. The Labute approximate surface area is 167 Å². The number of aromatic nitrogens is 1. The van der Waals surface area contributed by atoms with Crippen LogP contribution >= 0.6 is 0 Å². The highest BCUT2D eigenvalue weighted by atomic mass is 79.9. The van der Waals surface area contributed by atoms with E-state index in [0.717, 1.165) is 38.3 Å². The van der Waals surface area contributed by atoms with E-state index in [2.05, 4.69) is 0 Å². The SMILES string of the molecule is COc1cc2cc[n+]3c(C)c4c(O)c(OC)ccc4c(C)c3c2cc1O.[Br-]. The molecular formula is C21H20BrNO4. The van der Waals surface area contributed by atoms with Crippen LogP contribution in [0, 0.1) is 13.8 Å². The maximum Gasteiger partial charge on any atom is 0.222 e. The molecule has 6 heteroatoms. The lowest BCUT2D eigenvalue weighted by Gasteiger charge is -2.12. The Morgan fingerprint density at radius 2 is 1.59 bits per heavy atom. The first kappa shape index (κ1) is 19.0. The number of ether oxygens (including phenoxy) is 2. The summed E-state index contributed by atoms with van der Waals surface area (Å²) in [5, 5.41) is 24.5. The number of halogens is 1. The monoisotopic (exact) mass is 429 g/mol. The molecule has 27 heavy (non-hydrogen) atoms. The summed E-state index contributed by atoms with van der Waals surface area (Å²) in [6, 6.07) is 9.25. The first-order valence-corrected chi connectivity index (χ1v) is 8.31. The van der Waals surface area contributed by atoms with Crippen molar-refractivity contribution in [2.45, 2.75) is 13.8 Å². The third-order valence-electron chi connectivity index (χ3n) is 5.09. The molecule has 0 amide bonds. The molecule has 4 aromatic rings. The molecule has 2 aromatic heterocycles. The van der Waals surface area contributed by atoms with Gasteiger partial charge in [-0.15, -0.1) is 0 Å². The number of phenols is 2. The summed E-state index contributed by atoms with van der Waals surface area (Å²) in [7, 11) is 3.08. The van der Waals surface area contributed by atoms with Gasteiger partial charge < -0.3 is 36.7 Å². The summed E-state index contributed by atoms with van der Waals surface area (Å²) in [6.45, 7) is 3.98. The Morgan fingerprint density at radius 1 is 0.889 bits per heavy atom. The molecule has 2 heterocycles. The lowest BCUT2D eigenvalue weighted by Crippen LogP contribution is -3.00. The van der Waals surface area contributed by atoms with Crippen LogP contribution in [0.4, 0.5) is 0 Å². The number of aryl methyl sites for hydroxylation is 2. The number of rotatable bonds is 2. The van der Waals surface area contributed by atoms with Gasteiger partial charge in [0.25, 0.3) is 0 Å². The van der Waals surface area contributed by atoms with Crippen LogP contribution in [0.5, 0.6) is 23.0 Å². The molecule has 0 aliphatic carbocycles. The zero-order valence-electron chi connectivity index (χ0n) is 15.5. The number of nitrogens with zero attached hydrogens (tertiary/aromatic N) is 1. The predicted molar refractivity (Wildman–Crippen MR) is 101 cm³/mol. The van der Waals surface area contributed by atoms with Crippen LogP contribution in [0.2, 0.25) is 0 Å². The van der Waals surface area contributed by atoms with Gasteiger partial charge in [0.1, 0.15) is 0 Å². The van der Waals surface area contributed by atoms with Crippen molar-refractivity contribution in [3.63, 3.8) is 0 Å². The number of hydrogen-bond donors (Lipinski definition) is 2. The Kier molecular flexibility index (Phi) is 4.78. The standard InChI is InChI=1S/C21H19NO4.BrH/c1-11-14-5-6-17(25-3)21(24)19(14)12(2)22-8-7-13-9-18(26-4)16(23)10-15(13)20(11)22;/h5-10,23H,1-4H3;1H. The number of pyridine rings is 2. The predicted octanol–water partition coefficient (Wildman–Crippen LogP) is 0.781. The highest BCUT2D eigenvalue weighted by Crippen LogP contribution is 2.39. The van der Waals surface area contributed by atoms with Crippen molar-refractivity contribution >= 4 is 27.1 Å². The molecule has 0 unspecified atom stereocenters. The van der Waals surface area contributed by atoms with E-state index in [9.17, 15) is 10.2 Å². The van der Waals surface area contributed by atoms with E-state index in [4.69, 9.17) is 9.47 Å². The summed E-state index contributed by atoms with van der Waals surface area (Å²) in [6.07, 6.45) is 1.97. The van der Waals surface area contributed by atoms with Gasteiger partial charge in [-0.2, -0.15) is 4.40 Å². The Bertz CT molecular complexity index is 1200. The average Bonchev–Trinajstić information content (AvgIpc) is 2.64. The minimum Gasteiger partial charge on any atom is -1.00 e. The minimum absolute atomic E-state index is 0. The van der Waals surface area contributed by atoms with Gasteiger partial charge in [0.15, 0.2) is 34.9 Å². The molecule has 0 aliphatic rings. The van der Waals surface area contributed by atoms with Crippen molar-refractivity contribution in [1.82, 2.24) is 0 Å². The number of benzene rings is 2. The van der Waals surface area contributed by atoms with E-state index in [1.165, 1.54) is 7.11 Å². The quantitative estimate of drug-likeness (QED) is 0.281. The zero-order valence-corrected chi connectivity index (χ0v) is 17.1. The molecule has 0 fully saturated rings. The summed E-state index contributed by atoms with van der Waals surface area (Å²) in [4.78, 5) is 0. The zero-order chi connectivity index (χ0) is 18.6. The third-order valence-corrected chi connectivity index (χ3v) is 5.09. The van der Waals surface area contributed by atoms with Crippen LogP contribution in [-0.4, -0.2) is 24.4 Å². The Morgan fingerprint density at radius 3 is 2.26 bits per heavy atom. The second-order valence-electron chi connectivity index (χ2n) is 6.40. The first-order chi connectivity index (χ1) is 12.5. The van der Waals surface area contributed by atoms with Crippen LogP contribution in [-0.2, 0) is 0 Å². The summed E-state index contributed by atoms with van der Waals surface area (Å²) in [5.74, 6) is 1.13. The molecular weight excluding hydrogens is 410 g/mol. The largest absolute Gasteiger partial charge is 1.00 e. The van der Waals surface area contributed by atoms with Crippen LogP contribution in [0.1, 0.15) is 11.3 Å². The van der Waals surface area contributed by atoms with Gasteiger partial charge in [0.05, 0.1) is 25.0 Å². The first-order valence-electron chi connectivity index (χ1n) is 8.31. The second kappa shape index (κ2) is 6.78. The van der Waals surface area contributed by atoms with Crippen LogP contribution < -0.4 is 30.9 Å². The molecule has 0 spiro atoms. The smallest absolute Gasteiger partial charge is 0.222 e. The topological polar surface area (TPSA) is 63.0 Å². The molecule has 0 saturated heterocycles. The van der Waals surface area contributed by atoms with E-state index >= 15 is 0 Å². The fraction of sp³-hybridized carbons (Fsp3) is 0.190. The van der Waals surface area contributed by atoms with Crippen molar-refractivity contribution in [2.75, 3.05) is 14.2 Å². The number of methoxy groups -OCH3 is 2. The fourth-order valence-electron chi connectivity index (χ4n) is 3.78. The van der Waals surface area contributed by atoms with Crippen molar-refractivity contribution in [3.05, 3.63) is 47.8 Å².